The molecule has 0 aliphatic carbocycles. The van der Waals surface area contributed by atoms with Gasteiger partial charge in [0.2, 0.25) is 23.6 Å². The Morgan fingerprint density at radius 2 is 1.56 bits per heavy atom. The number of aromatic nitrogens is 1. The fourth-order valence-corrected chi connectivity index (χ4v) is 5.03. The summed E-state index contributed by atoms with van der Waals surface area (Å²) in [5.41, 5.74) is 13.6. The Labute approximate surface area is 262 Å². The maximum Gasteiger partial charge on any atom is 0.305 e. The number of carboxylic acid groups (broad SMARTS) is 1. The number of carbonyl (C=O) groups is 5. The highest BCUT2D eigenvalue weighted by molar-refractivity contribution is 7.98. The maximum atomic E-state index is 13.3. The minimum atomic E-state index is -1.62. The lowest BCUT2D eigenvalue weighted by Crippen LogP contribution is -2.58. The molecular weight excluding hydrogens is 606 g/mol. The van der Waals surface area contributed by atoms with Crippen molar-refractivity contribution in [2.45, 2.75) is 49.9 Å². The van der Waals surface area contributed by atoms with E-state index in [-0.39, 0.29) is 24.9 Å². The van der Waals surface area contributed by atoms with Crippen LogP contribution in [0.1, 0.15) is 24.0 Å². The molecule has 0 radical (unpaired) electrons. The molecule has 3 aromatic rings. The Morgan fingerprint density at radius 3 is 2.18 bits per heavy atom. The summed E-state index contributed by atoms with van der Waals surface area (Å²) in [6.45, 7) is 0. The minimum absolute atomic E-state index is 0.145. The second kappa shape index (κ2) is 16.2. The van der Waals surface area contributed by atoms with Crippen LogP contribution in [0.5, 0.6) is 0 Å². The van der Waals surface area contributed by atoms with Crippen LogP contribution < -0.4 is 27.4 Å². The van der Waals surface area contributed by atoms with Crippen molar-refractivity contribution in [3.63, 3.8) is 0 Å². The van der Waals surface area contributed by atoms with Gasteiger partial charge in [-0.25, -0.2) is 0 Å². The molecule has 16 heteroatoms. The summed E-state index contributed by atoms with van der Waals surface area (Å²) in [5.74, 6) is -4.34. The van der Waals surface area contributed by atoms with Gasteiger partial charge in [-0.15, -0.1) is 0 Å². The number of benzene rings is 2. The molecule has 0 bridgehead atoms. The standard InChI is InChI=1S/C29H35N7O8S/c1-45-11-10-22(33-27(40)20(30)13-17-15-32-21-5-3-2-4-19(17)21)28(41)35-24(14-25(37)38)29(42)34-23(26(31)39)12-16-6-8-18(9-7-16)36(43)44/h2-9,15,20,22-24,32H,10-14,30H2,1H3,(H2,31,39)(H,33,40)(H,34,42)(H,35,41)(H,37,38)/t20-,22+,23+,24+/m1/s1. The van der Waals surface area contributed by atoms with Gasteiger partial charge in [-0.05, 0) is 42.0 Å². The summed E-state index contributed by atoms with van der Waals surface area (Å²) in [7, 11) is 0. The summed E-state index contributed by atoms with van der Waals surface area (Å²) in [5, 5.41) is 28.6. The quantitative estimate of drug-likeness (QED) is 0.0786. The van der Waals surface area contributed by atoms with Gasteiger partial charge in [-0.1, -0.05) is 30.3 Å². The largest absolute Gasteiger partial charge is 0.481 e. The molecule has 0 aliphatic rings. The third kappa shape index (κ3) is 10.0. The Kier molecular flexibility index (Phi) is 12.4. The molecule has 1 aromatic heterocycles. The molecule has 4 amide bonds. The number of H-pyrrole nitrogens is 1. The molecule has 45 heavy (non-hydrogen) atoms. The summed E-state index contributed by atoms with van der Waals surface area (Å²) >= 11 is 1.41. The number of fused-ring (bicyclic) bond motifs is 1. The molecule has 0 saturated carbocycles. The number of para-hydroxylation sites is 1. The third-order valence-electron chi connectivity index (χ3n) is 6.95. The summed E-state index contributed by atoms with van der Waals surface area (Å²) in [4.78, 5) is 76.6. The van der Waals surface area contributed by atoms with Crippen molar-refractivity contribution < 1.29 is 34.0 Å². The van der Waals surface area contributed by atoms with E-state index in [0.717, 1.165) is 16.5 Å². The number of carboxylic acids is 1. The number of hydrogen-bond acceptors (Lipinski definition) is 9. The number of nitrogens with one attached hydrogen (secondary N) is 4. The Bertz CT molecular complexity index is 1540. The molecular formula is C29H35N7O8S. The van der Waals surface area contributed by atoms with E-state index in [1.54, 1.807) is 12.5 Å². The first-order chi connectivity index (χ1) is 21.4. The van der Waals surface area contributed by atoms with E-state index >= 15 is 0 Å². The van der Waals surface area contributed by atoms with Crippen molar-refractivity contribution in [1.82, 2.24) is 20.9 Å². The number of thioether (sulfide) groups is 1. The first-order valence-corrected chi connectivity index (χ1v) is 15.2. The van der Waals surface area contributed by atoms with Crippen LogP contribution in [0.4, 0.5) is 5.69 Å². The number of amides is 4. The number of rotatable bonds is 17. The van der Waals surface area contributed by atoms with Crippen molar-refractivity contribution in [2.75, 3.05) is 12.0 Å². The topological polar surface area (TPSA) is 253 Å². The number of nitrogens with zero attached hydrogens (tertiary/aromatic N) is 1. The van der Waals surface area contributed by atoms with Gasteiger partial charge in [0.25, 0.3) is 5.69 Å². The molecule has 0 spiro atoms. The first-order valence-electron chi connectivity index (χ1n) is 13.8. The summed E-state index contributed by atoms with van der Waals surface area (Å²) in [6, 6.07) is 7.63. The highest BCUT2D eigenvalue weighted by atomic mass is 32.2. The molecule has 1 heterocycles. The molecule has 0 fully saturated rings. The molecule has 15 nitrogen and oxygen atoms in total. The van der Waals surface area contributed by atoms with Crippen LogP contribution in [-0.2, 0) is 36.8 Å². The fraction of sp³-hybridized carbons (Fsp3) is 0.345. The van der Waals surface area contributed by atoms with Crippen LogP contribution in [0.25, 0.3) is 10.9 Å². The Morgan fingerprint density at radius 1 is 0.933 bits per heavy atom. The SMILES string of the molecule is CSCC[C@H](NC(=O)[C@H](N)Cc1c[nH]c2ccccc12)C(=O)N[C@@H](CC(=O)O)C(=O)N[C@@H](Cc1ccc([N+](=O)[O-])cc1)C(N)=O. The van der Waals surface area contributed by atoms with Crippen molar-refractivity contribution in [1.29, 1.82) is 0 Å². The van der Waals surface area contributed by atoms with Gasteiger partial charge in [0.05, 0.1) is 17.4 Å². The normalized spacial score (nSPS) is 13.6. The van der Waals surface area contributed by atoms with E-state index in [2.05, 4.69) is 20.9 Å². The van der Waals surface area contributed by atoms with Crippen LogP contribution >= 0.6 is 11.8 Å². The average Bonchev–Trinajstić information content (AvgIpc) is 3.40. The maximum absolute atomic E-state index is 13.3. The van der Waals surface area contributed by atoms with Gasteiger partial charge in [0.15, 0.2) is 0 Å². The van der Waals surface area contributed by atoms with E-state index in [1.165, 1.54) is 36.0 Å². The predicted octanol–water partition coefficient (Wildman–Crippen LogP) is 0.356. The van der Waals surface area contributed by atoms with Crippen molar-refractivity contribution in [2.24, 2.45) is 11.5 Å². The van der Waals surface area contributed by atoms with E-state index in [1.807, 2.05) is 24.3 Å². The van der Waals surface area contributed by atoms with Crippen LogP contribution in [-0.4, -0.2) is 80.8 Å². The van der Waals surface area contributed by atoms with E-state index < -0.39 is 65.1 Å². The number of aromatic amines is 1. The van der Waals surface area contributed by atoms with Gasteiger partial charge < -0.3 is 37.5 Å². The number of aliphatic carboxylic acids is 1. The van der Waals surface area contributed by atoms with Gasteiger partial charge in [0, 0.05) is 35.7 Å². The Hall–Kier alpha value is -4.96. The lowest BCUT2D eigenvalue weighted by atomic mass is 10.0. The Balaban J connectivity index is 1.69. The summed E-state index contributed by atoms with van der Waals surface area (Å²) < 4.78 is 0. The van der Waals surface area contributed by atoms with Gasteiger partial charge >= 0.3 is 5.97 Å². The monoisotopic (exact) mass is 641 g/mol. The van der Waals surface area contributed by atoms with Crippen molar-refractivity contribution in [3.8, 4) is 0 Å². The van der Waals surface area contributed by atoms with E-state index in [4.69, 9.17) is 11.5 Å². The average molecular weight is 642 g/mol. The minimum Gasteiger partial charge on any atom is -0.481 e. The number of carbonyl (C=O) groups excluding carboxylic acids is 4. The fourth-order valence-electron chi connectivity index (χ4n) is 4.55. The van der Waals surface area contributed by atoms with E-state index in [0.29, 0.717) is 11.3 Å². The molecule has 3 rings (SSSR count). The number of nitro benzene ring substituents is 1. The third-order valence-corrected chi connectivity index (χ3v) is 7.60. The van der Waals surface area contributed by atoms with Gasteiger partial charge in [-0.3, -0.25) is 34.1 Å². The van der Waals surface area contributed by atoms with Crippen LogP contribution in [0.15, 0.2) is 54.7 Å². The number of nitrogens with two attached hydrogens (primary N) is 2. The van der Waals surface area contributed by atoms with Crippen molar-refractivity contribution in [3.05, 3.63) is 76.0 Å². The smallest absolute Gasteiger partial charge is 0.305 e. The lowest BCUT2D eigenvalue weighted by molar-refractivity contribution is -0.384. The second-order valence-electron chi connectivity index (χ2n) is 10.3. The number of primary amides is 1. The molecule has 240 valence electrons. The molecule has 0 aliphatic heterocycles. The van der Waals surface area contributed by atoms with Crippen LogP contribution in [0, 0.1) is 10.1 Å². The zero-order valence-electron chi connectivity index (χ0n) is 24.4. The second-order valence-corrected chi connectivity index (χ2v) is 11.2. The first kappa shape index (κ1) is 34.5. The van der Waals surface area contributed by atoms with Gasteiger partial charge in [0.1, 0.15) is 18.1 Å². The lowest BCUT2D eigenvalue weighted by Gasteiger charge is -2.25. The zero-order chi connectivity index (χ0) is 33.1. The van der Waals surface area contributed by atoms with Gasteiger partial charge in [-0.2, -0.15) is 11.8 Å². The molecule has 4 atom stereocenters. The molecule has 0 saturated heterocycles. The number of nitro groups is 1. The molecule has 9 N–H and O–H groups in total. The van der Waals surface area contributed by atoms with Crippen LogP contribution in [0.3, 0.4) is 0 Å². The van der Waals surface area contributed by atoms with Crippen molar-refractivity contribution >= 4 is 58.0 Å². The highest BCUT2D eigenvalue weighted by Gasteiger charge is 2.31. The number of hydrogen-bond donors (Lipinski definition) is 7. The zero-order valence-corrected chi connectivity index (χ0v) is 25.2. The number of non-ortho nitro benzene ring substituents is 1. The van der Waals surface area contributed by atoms with E-state index in [9.17, 15) is 39.2 Å². The highest BCUT2D eigenvalue weighted by Crippen LogP contribution is 2.19. The molecule has 2 aromatic carbocycles. The molecule has 0 unspecified atom stereocenters. The predicted molar refractivity (Wildman–Crippen MR) is 167 cm³/mol. The van der Waals surface area contributed by atoms with Crippen LogP contribution in [0.2, 0.25) is 0 Å². The summed E-state index contributed by atoms with van der Waals surface area (Å²) in [6.07, 6.45) is 2.92.